The molecule has 1 aromatic heterocycles. The fourth-order valence-corrected chi connectivity index (χ4v) is 3.03. The molecule has 124 valence electrons. The van der Waals surface area contributed by atoms with Crippen molar-refractivity contribution in [2.24, 2.45) is 0 Å². The summed E-state index contributed by atoms with van der Waals surface area (Å²) in [5.74, 6) is 0.630. The van der Waals surface area contributed by atoms with Crippen molar-refractivity contribution in [1.29, 1.82) is 0 Å². The zero-order valence-corrected chi connectivity index (χ0v) is 15.1. The first-order chi connectivity index (χ1) is 11.7. The summed E-state index contributed by atoms with van der Waals surface area (Å²) < 4.78 is 6.74. The summed E-state index contributed by atoms with van der Waals surface area (Å²) in [5.41, 5.74) is 9.36. The van der Waals surface area contributed by atoms with Gasteiger partial charge in [0.2, 0.25) is 0 Å². The summed E-state index contributed by atoms with van der Waals surface area (Å²) in [4.78, 5) is 4.51. The second-order valence-corrected chi connectivity index (χ2v) is 6.78. The van der Waals surface area contributed by atoms with Gasteiger partial charge in [-0.3, -0.25) is 0 Å². The summed E-state index contributed by atoms with van der Waals surface area (Å²) in [5, 5.41) is 1.13. The minimum Gasteiger partial charge on any atom is -0.383 e. The Hall–Kier alpha value is -1.91. The Morgan fingerprint density at radius 2 is 1.83 bits per heavy atom. The van der Waals surface area contributed by atoms with Crippen LogP contribution in [0.3, 0.4) is 0 Å². The van der Waals surface area contributed by atoms with Gasteiger partial charge in [0.05, 0.1) is 12.1 Å². The molecule has 2 aromatic carbocycles. The summed E-state index contributed by atoms with van der Waals surface area (Å²) in [6, 6.07) is 18.5. The summed E-state index contributed by atoms with van der Waals surface area (Å²) in [6.07, 6.45) is 2.99. The Kier molecular flexibility index (Phi) is 5.83. The van der Waals surface area contributed by atoms with Gasteiger partial charge in [-0.05, 0) is 48.6 Å². The third-order valence-electron chi connectivity index (χ3n) is 3.99. The second kappa shape index (κ2) is 8.27. The number of aryl methyl sites for hydroxylation is 1. The van der Waals surface area contributed by atoms with Crippen molar-refractivity contribution in [2.45, 2.75) is 25.9 Å². The van der Waals surface area contributed by atoms with Crippen LogP contribution in [0.2, 0.25) is 0 Å². The average molecular weight is 385 g/mol. The van der Waals surface area contributed by atoms with Crippen LogP contribution in [0.25, 0.3) is 10.9 Å². The van der Waals surface area contributed by atoms with E-state index >= 15 is 0 Å². The molecule has 0 unspecified atom stereocenters. The molecule has 0 aliphatic carbocycles. The van der Waals surface area contributed by atoms with Gasteiger partial charge in [0.15, 0.2) is 0 Å². The molecule has 4 heteroatoms. The fraction of sp³-hybridized carbons (Fsp3) is 0.250. The number of fused-ring (bicyclic) bond motifs is 1. The molecular formula is C20H21BrN2O. The van der Waals surface area contributed by atoms with Gasteiger partial charge in [0.1, 0.15) is 5.82 Å². The van der Waals surface area contributed by atoms with Crippen molar-refractivity contribution in [3.63, 3.8) is 0 Å². The normalized spacial score (nSPS) is 11.0. The lowest BCUT2D eigenvalue weighted by molar-refractivity contribution is 0.117. The number of pyridine rings is 1. The molecule has 3 rings (SSSR count). The van der Waals surface area contributed by atoms with Crippen molar-refractivity contribution >= 4 is 32.7 Å². The first-order valence-electron chi connectivity index (χ1n) is 8.19. The molecule has 24 heavy (non-hydrogen) atoms. The topological polar surface area (TPSA) is 48.1 Å². The van der Waals surface area contributed by atoms with Gasteiger partial charge >= 0.3 is 0 Å². The first-order valence-corrected chi connectivity index (χ1v) is 8.98. The number of hydrogen-bond acceptors (Lipinski definition) is 3. The lowest BCUT2D eigenvalue weighted by Gasteiger charge is -2.08. The number of anilines is 1. The minimum absolute atomic E-state index is 0.630. The highest BCUT2D eigenvalue weighted by Gasteiger charge is 2.05. The summed E-state index contributed by atoms with van der Waals surface area (Å²) in [6.45, 7) is 1.44. The molecule has 2 N–H and O–H groups in total. The highest BCUT2D eigenvalue weighted by molar-refractivity contribution is 9.10. The Balaban J connectivity index is 1.47. The maximum absolute atomic E-state index is 6.10. The SMILES string of the molecule is Nc1nc2cc(Br)ccc2cc1CCCCOCc1ccccc1. The van der Waals surface area contributed by atoms with E-state index < -0.39 is 0 Å². The van der Waals surface area contributed by atoms with Gasteiger partial charge in [0.25, 0.3) is 0 Å². The van der Waals surface area contributed by atoms with Crippen LogP contribution in [-0.4, -0.2) is 11.6 Å². The van der Waals surface area contributed by atoms with E-state index in [0.717, 1.165) is 46.8 Å². The average Bonchev–Trinajstić information content (AvgIpc) is 2.59. The smallest absolute Gasteiger partial charge is 0.127 e. The fourth-order valence-electron chi connectivity index (χ4n) is 2.68. The van der Waals surface area contributed by atoms with Crippen LogP contribution in [0.5, 0.6) is 0 Å². The number of unbranched alkanes of at least 4 members (excludes halogenated alkanes) is 1. The Morgan fingerprint density at radius 1 is 1.00 bits per heavy atom. The first kappa shape index (κ1) is 16.9. The van der Waals surface area contributed by atoms with Crippen molar-refractivity contribution in [3.8, 4) is 0 Å². The number of nitrogens with two attached hydrogens (primary N) is 1. The zero-order chi connectivity index (χ0) is 16.8. The van der Waals surface area contributed by atoms with Gasteiger partial charge in [0, 0.05) is 16.5 Å². The molecule has 1 heterocycles. The molecule has 3 nitrogen and oxygen atoms in total. The molecule has 3 aromatic rings. The quantitative estimate of drug-likeness (QED) is 0.575. The summed E-state index contributed by atoms with van der Waals surface area (Å²) in [7, 11) is 0. The molecule has 0 aliphatic rings. The van der Waals surface area contributed by atoms with E-state index in [1.807, 2.05) is 30.3 Å². The standard InChI is InChI=1S/C20H21BrN2O/c21-18-10-9-16-12-17(20(22)23-19(16)13-18)8-4-5-11-24-14-15-6-2-1-3-7-15/h1-3,6-7,9-10,12-13H,4-5,8,11,14H2,(H2,22,23). The number of nitrogen functional groups attached to an aromatic ring is 1. The molecule has 0 bridgehead atoms. The number of hydrogen-bond donors (Lipinski definition) is 1. The van der Waals surface area contributed by atoms with Crippen LogP contribution in [0.1, 0.15) is 24.0 Å². The van der Waals surface area contributed by atoms with Crippen molar-refractivity contribution in [1.82, 2.24) is 4.98 Å². The van der Waals surface area contributed by atoms with Gasteiger partial charge in [-0.15, -0.1) is 0 Å². The van der Waals surface area contributed by atoms with Crippen LogP contribution >= 0.6 is 15.9 Å². The number of rotatable bonds is 7. The molecule has 0 amide bonds. The van der Waals surface area contributed by atoms with Crippen molar-refractivity contribution in [2.75, 3.05) is 12.3 Å². The zero-order valence-electron chi connectivity index (χ0n) is 13.5. The Bertz CT molecular complexity index is 805. The maximum Gasteiger partial charge on any atom is 0.127 e. The lowest BCUT2D eigenvalue weighted by Crippen LogP contribution is -2.00. The molecule has 0 aliphatic heterocycles. The van der Waals surface area contributed by atoms with E-state index in [2.05, 4.69) is 45.2 Å². The van der Waals surface area contributed by atoms with Crippen LogP contribution in [-0.2, 0) is 17.8 Å². The molecule has 0 atom stereocenters. The lowest BCUT2D eigenvalue weighted by atomic mass is 10.1. The number of ether oxygens (including phenoxy) is 1. The van der Waals surface area contributed by atoms with E-state index in [0.29, 0.717) is 12.4 Å². The molecule has 0 saturated carbocycles. The molecule has 0 saturated heterocycles. The van der Waals surface area contributed by atoms with Crippen LogP contribution < -0.4 is 5.73 Å². The number of benzene rings is 2. The largest absolute Gasteiger partial charge is 0.383 e. The number of nitrogens with zero attached hydrogens (tertiary/aromatic N) is 1. The van der Waals surface area contributed by atoms with E-state index in [9.17, 15) is 0 Å². The van der Waals surface area contributed by atoms with Gasteiger partial charge < -0.3 is 10.5 Å². The molecular weight excluding hydrogens is 364 g/mol. The van der Waals surface area contributed by atoms with E-state index in [4.69, 9.17) is 10.5 Å². The number of aromatic nitrogens is 1. The maximum atomic E-state index is 6.10. The van der Waals surface area contributed by atoms with Crippen LogP contribution in [0.4, 0.5) is 5.82 Å². The predicted molar refractivity (Wildman–Crippen MR) is 103 cm³/mol. The third kappa shape index (κ3) is 4.56. The van der Waals surface area contributed by atoms with E-state index in [-0.39, 0.29) is 0 Å². The summed E-state index contributed by atoms with van der Waals surface area (Å²) >= 11 is 3.46. The minimum atomic E-state index is 0.630. The van der Waals surface area contributed by atoms with Crippen LogP contribution in [0, 0.1) is 0 Å². The van der Waals surface area contributed by atoms with Crippen LogP contribution in [0.15, 0.2) is 59.1 Å². The third-order valence-corrected chi connectivity index (χ3v) is 4.48. The predicted octanol–water partition coefficient (Wildman–Crippen LogP) is 5.12. The van der Waals surface area contributed by atoms with Gasteiger partial charge in [-0.25, -0.2) is 4.98 Å². The highest BCUT2D eigenvalue weighted by atomic mass is 79.9. The molecule has 0 spiro atoms. The Morgan fingerprint density at radius 3 is 2.67 bits per heavy atom. The monoisotopic (exact) mass is 384 g/mol. The molecule has 0 radical (unpaired) electrons. The Labute approximate surface area is 151 Å². The van der Waals surface area contributed by atoms with Gasteiger partial charge in [-0.1, -0.05) is 52.3 Å². The van der Waals surface area contributed by atoms with Crippen molar-refractivity contribution in [3.05, 3.63) is 70.2 Å². The number of halogens is 1. The van der Waals surface area contributed by atoms with E-state index in [1.54, 1.807) is 0 Å². The van der Waals surface area contributed by atoms with E-state index in [1.165, 1.54) is 5.56 Å². The highest BCUT2D eigenvalue weighted by Crippen LogP contribution is 2.23. The molecule has 0 fully saturated rings. The second-order valence-electron chi connectivity index (χ2n) is 5.87. The van der Waals surface area contributed by atoms with Gasteiger partial charge in [-0.2, -0.15) is 0 Å². The van der Waals surface area contributed by atoms with Crippen molar-refractivity contribution < 1.29 is 4.74 Å².